The van der Waals surface area contributed by atoms with Gasteiger partial charge in [-0.25, -0.2) is 0 Å². The monoisotopic (exact) mass is 179 g/mol. The van der Waals surface area contributed by atoms with Gasteiger partial charge in [0.25, 0.3) is 0 Å². The molecule has 1 aromatic carbocycles. The molecule has 0 fully saturated rings. The molecule has 0 spiro atoms. The molecule has 0 aliphatic heterocycles. The van der Waals surface area contributed by atoms with Gasteiger partial charge in [-0.1, -0.05) is 19.1 Å². The molecule has 0 radical (unpaired) electrons. The van der Waals surface area contributed by atoms with E-state index >= 15 is 0 Å². The van der Waals surface area contributed by atoms with E-state index in [0.29, 0.717) is 11.7 Å². The molecule has 1 aromatic rings. The Kier molecular flexibility index (Phi) is 3.32. The number of hydrogen-bond donors (Lipinski definition) is 1. The maximum atomic E-state index is 9.28. The van der Waals surface area contributed by atoms with Gasteiger partial charge in [0.15, 0.2) is 0 Å². The van der Waals surface area contributed by atoms with E-state index in [0.717, 1.165) is 6.54 Å². The Hall–Kier alpha value is -1.02. The lowest BCUT2D eigenvalue weighted by molar-refractivity contribution is 0.382. The van der Waals surface area contributed by atoms with Crippen LogP contribution in [0.25, 0.3) is 0 Å². The van der Waals surface area contributed by atoms with Gasteiger partial charge in [-0.15, -0.1) is 0 Å². The molecule has 0 saturated carbocycles. The summed E-state index contributed by atoms with van der Waals surface area (Å²) >= 11 is 0. The molecule has 1 atom stereocenters. The van der Waals surface area contributed by atoms with Crippen molar-refractivity contribution in [1.82, 2.24) is 4.90 Å². The van der Waals surface area contributed by atoms with Crippen molar-refractivity contribution in [3.8, 4) is 5.75 Å². The highest BCUT2D eigenvalue weighted by Gasteiger charge is 2.06. The van der Waals surface area contributed by atoms with Crippen LogP contribution >= 0.6 is 0 Å². The van der Waals surface area contributed by atoms with Crippen LogP contribution in [-0.2, 0) is 0 Å². The summed E-state index contributed by atoms with van der Waals surface area (Å²) in [5, 5.41) is 9.28. The van der Waals surface area contributed by atoms with Gasteiger partial charge in [0, 0.05) is 6.54 Å². The van der Waals surface area contributed by atoms with Crippen LogP contribution in [0.15, 0.2) is 24.3 Å². The zero-order valence-electron chi connectivity index (χ0n) is 8.49. The Morgan fingerprint density at radius 3 is 2.62 bits per heavy atom. The van der Waals surface area contributed by atoms with Crippen LogP contribution in [-0.4, -0.2) is 30.6 Å². The molecule has 0 aliphatic rings. The van der Waals surface area contributed by atoms with Crippen LogP contribution in [0.4, 0.5) is 0 Å². The summed E-state index contributed by atoms with van der Waals surface area (Å²) in [6.07, 6.45) is 0. The fraction of sp³-hybridized carbons (Fsp3) is 0.455. The molecule has 1 N–H and O–H groups in total. The van der Waals surface area contributed by atoms with E-state index in [1.165, 1.54) is 5.56 Å². The first-order valence-electron chi connectivity index (χ1n) is 4.53. The number of likely N-dealkylation sites (N-methyl/N-ethyl adjacent to an activating group) is 1. The van der Waals surface area contributed by atoms with E-state index in [1.807, 2.05) is 18.2 Å². The van der Waals surface area contributed by atoms with Gasteiger partial charge in [-0.05, 0) is 37.7 Å². The fourth-order valence-corrected chi connectivity index (χ4v) is 1.48. The highest BCUT2D eigenvalue weighted by atomic mass is 16.3. The van der Waals surface area contributed by atoms with Crippen molar-refractivity contribution in [3.63, 3.8) is 0 Å². The number of phenolic OH excluding ortho intramolecular Hbond substituents is 1. The number of rotatable bonds is 3. The van der Waals surface area contributed by atoms with E-state index in [2.05, 4.69) is 25.9 Å². The minimum atomic E-state index is 0.350. The molecule has 2 heteroatoms. The molecule has 0 aromatic heterocycles. The van der Waals surface area contributed by atoms with Gasteiger partial charge >= 0.3 is 0 Å². The molecular formula is C11H17NO. The summed E-state index contributed by atoms with van der Waals surface area (Å²) < 4.78 is 0. The maximum absolute atomic E-state index is 9.28. The minimum absolute atomic E-state index is 0.350. The third-order valence-electron chi connectivity index (χ3n) is 2.08. The normalized spacial score (nSPS) is 13.2. The van der Waals surface area contributed by atoms with Crippen LogP contribution in [0.3, 0.4) is 0 Å². The Labute approximate surface area is 79.8 Å². The SMILES string of the molecule is CC(CN(C)C)c1cccc(O)c1. The van der Waals surface area contributed by atoms with Crippen LogP contribution in [0.5, 0.6) is 5.75 Å². The smallest absolute Gasteiger partial charge is 0.115 e. The zero-order valence-corrected chi connectivity index (χ0v) is 8.49. The Morgan fingerprint density at radius 1 is 1.38 bits per heavy atom. The van der Waals surface area contributed by atoms with Crippen molar-refractivity contribution in [2.75, 3.05) is 20.6 Å². The number of nitrogens with zero attached hydrogens (tertiary/aromatic N) is 1. The second kappa shape index (κ2) is 4.28. The van der Waals surface area contributed by atoms with Gasteiger partial charge in [0.2, 0.25) is 0 Å². The number of benzene rings is 1. The van der Waals surface area contributed by atoms with Crippen molar-refractivity contribution in [3.05, 3.63) is 29.8 Å². The predicted molar refractivity (Wildman–Crippen MR) is 55.1 cm³/mol. The van der Waals surface area contributed by atoms with Gasteiger partial charge in [0.1, 0.15) is 5.75 Å². The quantitative estimate of drug-likeness (QED) is 0.767. The first-order chi connectivity index (χ1) is 6.09. The third-order valence-corrected chi connectivity index (χ3v) is 2.08. The van der Waals surface area contributed by atoms with E-state index in [4.69, 9.17) is 0 Å². The first kappa shape index (κ1) is 10.1. The summed E-state index contributed by atoms with van der Waals surface area (Å²) in [4.78, 5) is 2.15. The van der Waals surface area contributed by atoms with Crippen LogP contribution in [0.2, 0.25) is 0 Å². The first-order valence-corrected chi connectivity index (χ1v) is 4.53. The average Bonchev–Trinajstić information content (AvgIpc) is 2.03. The summed E-state index contributed by atoms with van der Waals surface area (Å²) in [7, 11) is 4.11. The lowest BCUT2D eigenvalue weighted by atomic mass is 10.0. The molecule has 0 aliphatic carbocycles. The summed E-state index contributed by atoms with van der Waals surface area (Å²) in [6, 6.07) is 7.46. The van der Waals surface area contributed by atoms with Crippen molar-refractivity contribution in [1.29, 1.82) is 0 Å². The maximum Gasteiger partial charge on any atom is 0.115 e. The molecule has 0 saturated heterocycles. The van der Waals surface area contributed by atoms with Crippen molar-refractivity contribution in [2.24, 2.45) is 0 Å². The molecule has 0 bridgehead atoms. The Morgan fingerprint density at radius 2 is 2.08 bits per heavy atom. The number of hydrogen-bond acceptors (Lipinski definition) is 2. The Balaban J connectivity index is 2.71. The lowest BCUT2D eigenvalue weighted by Gasteiger charge is -2.17. The molecule has 1 unspecified atom stereocenters. The van der Waals surface area contributed by atoms with Crippen LogP contribution in [0.1, 0.15) is 18.4 Å². The number of aromatic hydroxyl groups is 1. The molecule has 13 heavy (non-hydrogen) atoms. The molecule has 0 amide bonds. The van der Waals surface area contributed by atoms with E-state index in [1.54, 1.807) is 6.07 Å². The molecular weight excluding hydrogens is 162 g/mol. The Bertz CT molecular complexity index is 271. The fourth-order valence-electron chi connectivity index (χ4n) is 1.48. The van der Waals surface area contributed by atoms with Crippen LogP contribution in [0, 0.1) is 0 Å². The standard InChI is InChI=1S/C11H17NO/c1-9(8-12(2)3)10-5-4-6-11(13)7-10/h4-7,9,13H,8H2,1-3H3. The largest absolute Gasteiger partial charge is 0.508 e. The van der Waals surface area contributed by atoms with E-state index in [-0.39, 0.29) is 0 Å². The molecule has 72 valence electrons. The highest BCUT2D eigenvalue weighted by Crippen LogP contribution is 2.19. The second-order valence-corrected chi connectivity index (χ2v) is 3.76. The molecule has 1 rings (SSSR count). The summed E-state index contributed by atoms with van der Waals surface area (Å²) in [5.74, 6) is 0.810. The molecule has 2 nitrogen and oxygen atoms in total. The zero-order chi connectivity index (χ0) is 9.84. The summed E-state index contributed by atoms with van der Waals surface area (Å²) in [6.45, 7) is 3.16. The van der Waals surface area contributed by atoms with E-state index in [9.17, 15) is 5.11 Å². The molecule has 0 heterocycles. The third kappa shape index (κ3) is 3.07. The highest BCUT2D eigenvalue weighted by molar-refractivity contribution is 5.29. The summed E-state index contributed by atoms with van der Waals surface area (Å²) in [5.41, 5.74) is 1.19. The predicted octanol–water partition coefficient (Wildman–Crippen LogP) is 2.06. The second-order valence-electron chi connectivity index (χ2n) is 3.76. The van der Waals surface area contributed by atoms with Crippen LogP contribution < -0.4 is 0 Å². The lowest BCUT2D eigenvalue weighted by Crippen LogP contribution is -2.18. The van der Waals surface area contributed by atoms with Crippen molar-refractivity contribution >= 4 is 0 Å². The van der Waals surface area contributed by atoms with Crippen molar-refractivity contribution in [2.45, 2.75) is 12.8 Å². The van der Waals surface area contributed by atoms with E-state index < -0.39 is 0 Å². The minimum Gasteiger partial charge on any atom is -0.508 e. The number of phenols is 1. The van der Waals surface area contributed by atoms with Gasteiger partial charge in [-0.3, -0.25) is 0 Å². The van der Waals surface area contributed by atoms with Crippen molar-refractivity contribution < 1.29 is 5.11 Å². The topological polar surface area (TPSA) is 23.5 Å². The van der Waals surface area contributed by atoms with Gasteiger partial charge in [-0.2, -0.15) is 0 Å². The average molecular weight is 179 g/mol. The van der Waals surface area contributed by atoms with Gasteiger partial charge in [0.05, 0.1) is 0 Å². The van der Waals surface area contributed by atoms with Gasteiger partial charge < -0.3 is 10.0 Å².